The topological polar surface area (TPSA) is 32.7 Å². The molecule has 0 spiro atoms. The molecule has 98 valence electrons. The second-order valence-corrected chi connectivity index (χ2v) is 5.95. The summed E-state index contributed by atoms with van der Waals surface area (Å²) in [6.07, 6.45) is 1.33. The number of likely N-dealkylation sites (tertiary alicyclic amines) is 1. The first-order chi connectivity index (χ1) is 8.63. The third kappa shape index (κ3) is 2.07. The summed E-state index contributed by atoms with van der Waals surface area (Å²) in [7, 11) is 0. The molecule has 3 rings (SSSR count). The van der Waals surface area contributed by atoms with Gasteiger partial charge in [-0.25, -0.2) is 0 Å². The fourth-order valence-corrected chi connectivity index (χ4v) is 3.45. The van der Waals surface area contributed by atoms with Crippen LogP contribution in [0.15, 0.2) is 18.2 Å². The van der Waals surface area contributed by atoms with Gasteiger partial charge in [-0.2, -0.15) is 0 Å². The van der Waals surface area contributed by atoms with Crippen molar-refractivity contribution in [3.63, 3.8) is 0 Å². The van der Waals surface area contributed by atoms with E-state index < -0.39 is 0 Å². The average molecular weight is 247 g/mol. The summed E-state index contributed by atoms with van der Waals surface area (Å²) >= 11 is 0. The SMILES string of the molecule is CC1CC(C)CN(C2COc3cc(O)ccc32)C1. The van der Waals surface area contributed by atoms with Crippen LogP contribution in [-0.4, -0.2) is 29.7 Å². The van der Waals surface area contributed by atoms with Gasteiger partial charge in [-0.1, -0.05) is 13.8 Å². The first kappa shape index (κ1) is 11.8. The Morgan fingerprint density at radius 2 is 1.94 bits per heavy atom. The minimum absolute atomic E-state index is 0.287. The molecule has 1 fully saturated rings. The van der Waals surface area contributed by atoms with E-state index in [1.54, 1.807) is 12.1 Å². The van der Waals surface area contributed by atoms with E-state index >= 15 is 0 Å². The highest BCUT2D eigenvalue weighted by Crippen LogP contribution is 2.40. The largest absolute Gasteiger partial charge is 0.508 e. The normalized spacial score (nSPS) is 32.0. The lowest BCUT2D eigenvalue weighted by Gasteiger charge is -2.38. The molecule has 0 aromatic heterocycles. The Hall–Kier alpha value is -1.22. The van der Waals surface area contributed by atoms with Crippen molar-refractivity contribution < 1.29 is 9.84 Å². The van der Waals surface area contributed by atoms with E-state index in [-0.39, 0.29) is 5.75 Å². The summed E-state index contributed by atoms with van der Waals surface area (Å²) in [5.41, 5.74) is 1.23. The third-order valence-corrected chi connectivity index (χ3v) is 4.09. The fourth-order valence-electron chi connectivity index (χ4n) is 3.45. The molecule has 1 saturated heterocycles. The zero-order chi connectivity index (χ0) is 12.7. The van der Waals surface area contributed by atoms with Gasteiger partial charge in [-0.3, -0.25) is 4.90 Å². The molecule has 1 aromatic carbocycles. The first-order valence-electron chi connectivity index (χ1n) is 6.83. The van der Waals surface area contributed by atoms with Crippen molar-refractivity contribution >= 4 is 0 Å². The van der Waals surface area contributed by atoms with Crippen molar-refractivity contribution in [2.45, 2.75) is 26.3 Å². The van der Waals surface area contributed by atoms with Crippen LogP contribution in [0.2, 0.25) is 0 Å². The lowest BCUT2D eigenvalue weighted by atomic mass is 9.90. The Kier molecular flexibility index (Phi) is 2.94. The molecule has 1 N–H and O–H groups in total. The van der Waals surface area contributed by atoms with Gasteiger partial charge in [0.25, 0.3) is 0 Å². The summed E-state index contributed by atoms with van der Waals surface area (Å²) in [6, 6.07) is 5.86. The molecule has 3 nitrogen and oxygen atoms in total. The molecule has 2 aliphatic rings. The zero-order valence-corrected chi connectivity index (χ0v) is 11.1. The Morgan fingerprint density at radius 3 is 2.67 bits per heavy atom. The number of phenols is 1. The van der Waals surface area contributed by atoms with Crippen molar-refractivity contribution in [2.75, 3.05) is 19.7 Å². The lowest BCUT2D eigenvalue weighted by molar-refractivity contribution is 0.0825. The van der Waals surface area contributed by atoms with Gasteiger partial charge in [0.15, 0.2) is 0 Å². The maximum absolute atomic E-state index is 9.48. The Morgan fingerprint density at radius 1 is 1.22 bits per heavy atom. The van der Waals surface area contributed by atoms with Crippen LogP contribution in [-0.2, 0) is 0 Å². The van der Waals surface area contributed by atoms with E-state index in [9.17, 15) is 5.11 Å². The van der Waals surface area contributed by atoms with Crippen LogP contribution in [0, 0.1) is 11.8 Å². The Balaban J connectivity index is 1.83. The number of fused-ring (bicyclic) bond motifs is 1. The van der Waals surface area contributed by atoms with Gasteiger partial charge in [-0.15, -0.1) is 0 Å². The molecule has 3 heteroatoms. The highest BCUT2D eigenvalue weighted by molar-refractivity contribution is 5.44. The fraction of sp³-hybridized carbons (Fsp3) is 0.600. The number of phenolic OH excluding ortho intramolecular Hbond substituents is 1. The van der Waals surface area contributed by atoms with E-state index in [0.717, 1.165) is 37.3 Å². The van der Waals surface area contributed by atoms with Gasteiger partial charge in [-0.05, 0) is 30.4 Å². The van der Waals surface area contributed by atoms with E-state index in [2.05, 4.69) is 18.7 Å². The number of benzene rings is 1. The Bertz CT molecular complexity index is 436. The van der Waals surface area contributed by atoms with Crippen LogP contribution in [0.25, 0.3) is 0 Å². The molecular weight excluding hydrogens is 226 g/mol. The maximum Gasteiger partial charge on any atom is 0.127 e. The van der Waals surface area contributed by atoms with Crippen LogP contribution >= 0.6 is 0 Å². The maximum atomic E-state index is 9.48. The Labute approximate surface area is 108 Å². The number of aromatic hydroxyl groups is 1. The quantitative estimate of drug-likeness (QED) is 0.828. The summed E-state index contributed by atoms with van der Waals surface area (Å²) < 4.78 is 5.71. The van der Waals surface area contributed by atoms with Gasteiger partial charge in [0.1, 0.15) is 18.1 Å². The summed E-state index contributed by atoms with van der Waals surface area (Å²) in [5.74, 6) is 2.66. The van der Waals surface area contributed by atoms with E-state index in [4.69, 9.17) is 4.74 Å². The number of hydrogen-bond donors (Lipinski definition) is 1. The van der Waals surface area contributed by atoms with Gasteiger partial charge >= 0.3 is 0 Å². The highest BCUT2D eigenvalue weighted by Gasteiger charge is 2.33. The van der Waals surface area contributed by atoms with Crippen molar-refractivity contribution in [1.29, 1.82) is 0 Å². The third-order valence-electron chi connectivity index (χ3n) is 4.09. The molecule has 0 amide bonds. The molecule has 18 heavy (non-hydrogen) atoms. The average Bonchev–Trinajstić information content (AvgIpc) is 2.70. The van der Waals surface area contributed by atoms with Gasteiger partial charge < -0.3 is 9.84 Å². The number of nitrogens with zero attached hydrogens (tertiary/aromatic N) is 1. The second kappa shape index (κ2) is 4.47. The smallest absolute Gasteiger partial charge is 0.127 e. The standard InChI is InChI=1S/C15H21NO2/c1-10-5-11(2)8-16(7-10)14-9-18-15-6-12(17)3-4-13(14)15/h3-4,6,10-11,14,17H,5,7-9H2,1-2H3. The number of rotatable bonds is 1. The first-order valence-corrected chi connectivity index (χ1v) is 6.83. The van der Waals surface area contributed by atoms with E-state index in [1.807, 2.05) is 6.07 Å². The summed E-state index contributed by atoms with van der Waals surface area (Å²) in [6.45, 7) is 7.68. The highest BCUT2D eigenvalue weighted by atomic mass is 16.5. The van der Waals surface area contributed by atoms with Crippen molar-refractivity contribution in [3.05, 3.63) is 23.8 Å². The van der Waals surface area contributed by atoms with Gasteiger partial charge in [0.05, 0.1) is 6.04 Å². The predicted molar refractivity (Wildman–Crippen MR) is 70.9 cm³/mol. The van der Waals surface area contributed by atoms with Crippen LogP contribution in [0.1, 0.15) is 31.9 Å². The molecule has 0 aliphatic carbocycles. The molecule has 3 atom stereocenters. The van der Waals surface area contributed by atoms with Crippen LogP contribution in [0.5, 0.6) is 11.5 Å². The van der Waals surface area contributed by atoms with Crippen molar-refractivity contribution in [1.82, 2.24) is 4.90 Å². The monoisotopic (exact) mass is 247 g/mol. The molecule has 0 bridgehead atoms. The molecule has 2 aliphatic heterocycles. The minimum Gasteiger partial charge on any atom is -0.508 e. The van der Waals surface area contributed by atoms with Crippen LogP contribution in [0.3, 0.4) is 0 Å². The summed E-state index contributed by atoms with van der Waals surface area (Å²) in [4.78, 5) is 2.54. The molecule has 0 saturated carbocycles. The van der Waals surface area contributed by atoms with Gasteiger partial charge in [0, 0.05) is 24.7 Å². The van der Waals surface area contributed by atoms with Crippen molar-refractivity contribution in [3.8, 4) is 11.5 Å². The number of ether oxygens (including phenoxy) is 1. The van der Waals surface area contributed by atoms with Crippen LogP contribution < -0.4 is 4.74 Å². The van der Waals surface area contributed by atoms with Crippen LogP contribution in [0.4, 0.5) is 0 Å². The van der Waals surface area contributed by atoms with E-state index in [1.165, 1.54) is 12.0 Å². The molecule has 1 aromatic rings. The van der Waals surface area contributed by atoms with Crippen molar-refractivity contribution in [2.24, 2.45) is 11.8 Å². The summed E-state index contributed by atoms with van der Waals surface area (Å²) in [5, 5.41) is 9.48. The number of piperidine rings is 1. The minimum atomic E-state index is 0.287. The predicted octanol–water partition coefficient (Wildman–Crippen LogP) is 2.80. The number of hydrogen-bond acceptors (Lipinski definition) is 3. The van der Waals surface area contributed by atoms with Gasteiger partial charge in [0.2, 0.25) is 0 Å². The second-order valence-electron chi connectivity index (χ2n) is 5.95. The lowest BCUT2D eigenvalue weighted by Crippen LogP contribution is -2.41. The zero-order valence-electron chi connectivity index (χ0n) is 11.1. The molecule has 0 radical (unpaired) electrons. The van der Waals surface area contributed by atoms with E-state index in [0.29, 0.717) is 6.04 Å². The molecule has 2 heterocycles. The molecular formula is C15H21NO2. The molecule has 3 unspecified atom stereocenters.